The summed E-state index contributed by atoms with van der Waals surface area (Å²) in [6, 6.07) is 6.78. The van der Waals surface area contributed by atoms with Gasteiger partial charge in [-0.2, -0.15) is 0 Å². The zero-order valence-electron chi connectivity index (χ0n) is 9.89. The summed E-state index contributed by atoms with van der Waals surface area (Å²) in [6.45, 7) is -0.185. The van der Waals surface area contributed by atoms with Crippen LogP contribution in [0.2, 0.25) is 0 Å². The normalized spacial score (nSPS) is 14.7. The van der Waals surface area contributed by atoms with Crippen LogP contribution in [0.1, 0.15) is 18.4 Å². The molecule has 2 N–H and O–H groups in total. The highest BCUT2D eigenvalue weighted by molar-refractivity contribution is 7.92. The van der Waals surface area contributed by atoms with E-state index in [1.165, 1.54) is 0 Å². The molecule has 18 heavy (non-hydrogen) atoms. The predicted molar refractivity (Wildman–Crippen MR) is 70.5 cm³/mol. The number of aliphatic hydroxyl groups excluding tert-OH is 1. The van der Waals surface area contributed by atoms with Gasteiger partial charge >= 0.3 is 0 Å². The lowest BCUT2D eigenvalue weighted by atomic mass is 10.2. The number of rotatable bonds is 4. The molecular weight excluding hydrogens is 250 g/mol. The van der Waals surface area contributed by atoms with E-state index in [2.05, 4.69) is 16.6 Å². The Balaban J connectivity index is 2.01. The molecule has 2 rings (SSSR count). The van der Waals surface area contributed by atoms with E-state index in [0.29, 0.717) is 11.6 Å². The van der Waals surface area contributed by atoms with Crippen molar-refractivity contribution in [3.05, 3.63) is 29.8 Å². The minimum atomic E-state index is -3.23. The van der Waals surface area contributed by atoms with Gasteiger partial charge in [0.1, 0.15) is 6.61 Å². The van der Waals surface area contributed by atoms with Gasteiger partial charge in [0.2, 0.25) is 10.0 Å². The molecule has 0 heterocycles. The molecule has 0 amide bonds. The Labute approximate surface area is 107 Å². The summed E-state index contributed by atoms with van der Waals surface area (Å²) in [5, 5.41) is 8.56. The summed E-state index contributed by atoms with van der Waals surface area (Å²) < 4.78 is 26.0. The largest absolute Gasteiger partial charge is 0.384 e. The van der Waals surface area contributed by atoms with Crippen LogP contribution in [0, 0.1) is 17.8 Å². The van der Waals surface area contributed by atoms with Crippen molar-refractivity contribution in [2.75, 3.05) is 17.1 Å². The van der Waals surface area contributed by atoms with Crippen LogP contribution < -0.4 is 4.72 Å². The van der Waals surface area contributed by atoms with E-state index in [1.54, 1.807) is 24.3 Å². The van der Waals surface area contributed by atoms with E-state index >= 15 is 0 Å². The first-order chi connectivity index (χ1) is 8.59. The highest BCUT2D eigenvalue weighted by atomic mass is 32.2. The lowest BCUT2D eigenvalue weighted by Gasteiger charge is -2.07. The summed E-state index contributed by atoms with van der Waals surface area (Å²) in [5.41, 5.74) is 1.29. The summed E-state index contributed by atoms with van der Waals surface area (Å²) >= 11 is 0. The third-order valence-corrected chi connectivity index (χ3v) is 4.08. The molecule has 0 aliphatic heterocycles. The number of sulfonamides is 1. The third-order valence-electron chi connectivity index (χ3n) is 2.62. The molecule has 1 saturated carbocycles. The highest BCUT2D eigenvalue weighted by Gasteiger charge is 2.27. The molecule has 1 fully saturated rings. The fourth-order valence-corrected chi connectivity index (χ4v) is 3.11. The molecule has 0 atom stereocenters. The number of aliphatic hydroxyl groups is 1. The van der Waals surface area contributed by atoms with Gasteiger partial charge in [0.15, 0.2) is 0 Å². The van der Waals surface area contributed by atoms with Crippen molar-refractivity contribution in [1.82, 2.24) is 0 Å². The van der Waals surface area contributed by atoms with Crippen molar-refractivity contribution in [2.45, 2.75) is 12.8 Å². The van der Waals surface area contributed by atoms with Crippen molar-refractivity contribution < 1.29 is 13.5 Å². The number of nitrogens with one attached hydrogen (secondary N) is 1. The van der Waals surface area contributed by atoms with Crippen LogP contribution in [0.4, 0.5) is 5.69 Å². The fraction of sp³-hybridized carbons (Fsp3) is 0.385. The van der Waals surface area contributed by atoms with E-state index in [9.17, 15) is 8.42 Å². The average Bonchev–Trinajstić information content (AvgIpc) is 3.11. The number of anilines is 1. The van der Waals surface area contributed by atoms with E-state index in [0.717, 1.165) is 18.4 Å². The standard InChI is InChI=1S/C13H15NO3S/c15-9-1-2-11-5-7-13(8-6-11)14-18(16,17)10-12-3-4-12/h5-8,12,14-15H,3-4,9-10H2. The maximum atomic E-state index is 11.7. The fourth-order valence-electron chi connectivity index (χ4n) is 1.58. The Morgan fingerprint density at radius 1 is 1.28 bits per heavy atom. The monoisotopic (exact) mass is 265 g/mol. The molecule has 0 radical (unpaired) electrons. The third kappa shape index (κ3) is 4.06. The minimum absolute atomic E-state index is 0.185. The summed E-state index contributed by atoms with van der Waals surface area (Å²) in [7, 11) is -3.23. The molecule has 0 bridgehead atoms. The molecule has 4 nitrogen and oxygen atoms in total. The first-order valence-corrected chi connectivity index (χ1v) is 7.44. The number of benzene rings is 1. The topological polar surface area (TPSA) is 66.4 Å². The molecule has 0 spiro atoms. The Morgan fingerprint density at radius 3 is 2.50 bits per heavy atom. The van der Waals surface area contributed by atoms with E-state index < -0.39 is 10.0 Å². The van der Waals surface area contributed by atoms with Gasteiger partial charge in [0.05, 0.1) is 5.75 Å². The van der Waals surface area contributed by atoms with Crippen molar-refractivity contribution in [3.63, 3.8) is 0 Å². The number of hydrogen-bond donors (Lipinski definition) is 2. The first-order valence-electron chi connectivity index (χ1n) is 5.79. The van der Waals surface area contributed by atoms with Gasteiger partial charge < -0.3 is 5.11 Å². The Hall–Kier alpha value is -1.51. The van der Waals surface area contributed by atoms with Gasteiger partial charge in [0.25, 0.3) is 0 Å². The number of hydrogen-bond acceptors (Lipinski definition) is 3. The van der Waals surface area contributed by atoms with Gasteiger partial charge in [-0.1, -0.05) is 11.8 Å². The maximum Gasteiger partial charge on any atom is 0.232 e. The van der Waals surface area contributed by atoms with Gasteiger partial charge in [-0.25, -0.2) is 8.42 Å². The second-order valence-corrected chi connectivity index (χ2v) is 6.13. The zero-order chi connectivity index (χ0) is 13.0. The molecular formula is C13H15NO3S. The molecule has 1 aromatic carbocycles. The molecule has 0 unspecified atom stereocenters. The molecule has 1 aliphatic rings. The molecule has 1 aromatic rings. The molecule has 96 valence electrons. The van der Waals surface area contributed by atoms with Crippen molar-refractivity contribution in [2.24, 2.45) is 5.92 Å². The Kier molecular flexibility index (Phi) is 3.90. The quantitative estimate of drug-likeness (QED) is 0.803. The Bertz CT molecular complexity index is 562. The van der Waals surface area contributed by atoms with E-state index in [4.69, 9.17) is 5.11 Å². The van der Waals surface area contributed by atoms with Gasteiger partial charge in [-0.05, 0) is 43.0 Å². The van der Waals surface area contributed by atoms with Crippen LogP contribution in [-0.2, 0) is 10.0 Å². The maximum absolute atomic E-state index is 11.7. The van der Waals surface area contributed by atoms with E-state index in [1.807, 2.05) is 0 Å². The lowest BCUT2D eigenvalue weighted by molar-refractivity contribution is 0.350. The second-order valence-electron chi connectivity index (χ2n) is 4.36. The highest BCUT2D eigenvalue weighted by Crippen LogP contribution is 2.30. The second kappa shape index (κ2) is 5.42. The molecule has 0 aromatic heterocycles. The minimum Gasteiger partial charge on any atom is -0.384 e. The summed E-state index contributed by atoms with van der Waals surface area (Å²) in [6.07, 6.45) is 2.02. The van der Waals surface area contributed by atoms with Gasteiger partial charge in [0, 0.05) is 11.3 Å². The zero-order valence-corrected chi connectivity index (χ0v) is 10.7. The molecule has 5 heteroatoms. The van der Waals surface area contributed by atoms with Gasteiger partial charge in [-0.3, -0.25) is 4.72 Å². The SMILES string of the molecule is O=S(=O)(CC1CC1)Nc1ccc(C#CCO)cc1. The van der Waals surface area contributed by atoms with Crippen LogP contribution in [0.3, 0.4) is 0 Å². The lowest BCUT2D eigenvalue weighted by Crippen LogP contribution is -2.17. The first kappa shape index (κ1) is 12.9. The summed E-state index contributed by atoms with van der Waals surface area (Å²) in [5.74, 6) is 5.82. The Morgan fingerprint density at radius 2 is 1.94 bits per heavy atom. The van der Waals surface area contributed by atoms with Crippen molar-refractivity contribution in [1.29, 1.82) is 0 Å². The molecule has 1 aliphatic carbocycles. The van der Waals surface area contributed by atoms with Gasteiger partial charge in [-0.15, -0.1) is 0 Å². The summed E-state index contributed by atoms with van der Waals surface area (Å²) in [4.78, 5) is 0. The van der Waals surface area contributed by atoms with E-state index in [-0.39, 0.29) is 12.4 Å². The smallest absolute Gasteiger partial charge is 0.232 e. The average molecular weight is 265 g/mol. The predicted octanol–water partition coefficient (Wildman–Crippen LogP) is 1.18. The van der Waals surface area contributed by atoms with Crippen LogP contribution >= 0.6 is 0 Å². The molecule has 0 saturated heterocycles. The van der Waals surface area contributed by atoms with Crippen LogP contribution in [0.5, 0.6) is 0 Å². The van der Waals surface area contributed by atoms with Crippen LogP contribution in [0.25, 0.3) is 0 Å². The van der Waals surface area contributed by atoms with Crippen LogP contribution in [-0.4, -0.2) is 25.9 Å². The van der Waals surface area contributed by atoms with Crippen LogP contribution in [0.15, 0.2) is 24.3 Å². The van der Waals surface area contributed by atoms with Crippen molar-refractivity contribution in [3.8, 4) is 11.8 Å². The van der Waals surface area contributed by atoms with Crippen molar-refractivity contribution >= 4 is 15.7 Å².